The number of likely N-dealkylation sites (N-methyl/N-ethyl adjacent to an activating group) is 1. The van der Waals surface area contributed by atoms with E-state index in [9.17, 15) is 0 Å². The summed E-state index contributed by atoms with van der Waals surface area (Å²) in [6.07, 6.45) is 2.49. The topological polar surface area (TPSA) is 70.3 Å². The molecule has 0 unspecified atom stereocenters. The van der Waals surface area contributed by atoms with Crippen molar-refractivity contribution >= 4 is 40.8 Å². The van der Waals surface area contributed by atoms with Crippen LogP contribution in [0.4, 0.5) is 17.6 Å². The number of hydrogen-bond donors (Lipinski definition) is 2. The molecule has 1 spiro atoms. The third-order valence-corrected chi connectivity index (χ3v) is 6.10. The van der Waals surface area contributed by atoms with E-state index in [1.165, 1.54) is 12.8 Å². The van der Waals surface area contributed by atoms with Gasteiger partial charge in [-0.05, 0) is 32.0 Å². The van der Waals surface area contributed by atoms with Crippen LogP contribution in [0.3, 0.4) is 0 Å². The highest BCUT2D eigenvalue weighted by Gasteiger charge is 2.49. The van der Waals surface area contributed by atoms with E-state index in [1.54, 1.807) is 0 Å². The highest BCUT2D eigenvalue weighted by atomic mass is 35.5. The van der Waals surface area contributed by atoms with Crippen LogP contribution in [0, 0.1) is 0 Å². The molecule has 4 rings (SSSR count). The number of nitrogens with two attached hydrogens (primary N) is 1. The maximum atomic E-state index is 6.24. The molecule has 26 heavy (non-hydrogen) atoms. The number of benzene rings is 1. The minimum Gasteiger partial charge on any atom is -0.368 e. The van der Waals surface area contributed by atoms with Crippen molar-refractivity contribution < 1.29 is 0 Å². The Hall–Kier alpha value is -1.76. The lowest BCUT2D eigenvalue weighted by molar-refractivity contribution is 0.198. The molecule has 6 nitrogen and oxygen atoms in total. The maximum Gasteiger partial charge on any atom is 0.223 e. The Morgan fingerprint density at radius 2 is 1.92 bits per heavy atom. The molecule has 2 aliphatic rings. The molecule has 2 fully saturated rings. The van der Waals surface area contributed by atoms with E-state index < -0.39 is 0 Å². The van der Waals surface area contributed by atoms with E-state index in [-0.39, 0.29) is 5.95 Å². The summed E-state index contributed by atoms with van der Waals surface area (Å²) >= 11 is 12.5. The molecule has 0 bridgehead atoms. The Kier molecular flexibility index (Phi) is 4.59. The molecule has 2 aromatic rings. The summed E-state index contributed by atoms with van der Waals surface area (Å²) in [5.41, 5.74) is 7.11. The molecule has 1 aliphatic carbocycles. The van der Waals surface area contributed by atoms with Crippen molar-refractivity contribution in [2.75, 3.05) is 42.6 Å². The first-order valence-corrected chi connectivity index (χ1v) is 9.50. The van der Waals surface area contributed by atoms with E-state index >= 15 is 0 Å². The molecule has 2 heterocycles. The van der Waals surface area contributed by atoms with E-state index in [0.29, 0.717) is 27.9 Å². The molecule has 0 amide bonds. The summed E-state index contributed by atoms with van der Waals surface area (Å²) in [6, 6.07) is 7.42. The van der Waals surface area contributed by atoms with Crippen molar-refractivity contribution in [1.29, 1.82) is 0 Å². The van der Waals surface area contributed by atoms with Gasteiger partial charge in [0.05, 0.1) is 0 Å². The number of nitrogens with one attached hydrogen (secondary N) is 1. The van der Waals surface area contributed by atoms with Gasteiger partial charge >= 0.3 is 0 Å². The van der Waals surface area contributed by atoms with Gasteiger partial charge in [0.15, 0.2) is 0 Å². The normalized spacial score (nSPS) is 19.0. The minimum atomic E-state index is 0.263. The van der Waals surface area contributed by atoms with Crippen LogP contribution in [0.15, 0.2) is 24.3 Å². The molecular formula is C18H22Cl2N6. The second-order valence-corrected chi connectivity index (χ2v) is 7.91. The zero-order valence-corrected chi connectivity index (χ0v) is 16.2. The molecule has 1 saturated carbocycles. The number of halogens is 2. The largest absolute Gasteiger partial charge is 0.368 e. The Morgan fingerprint density at radius 1 is 1.19 bits per heavy atom. The van der Waals surface area contributed by atoms with Crippen LogP contribution in [-0.2, 0) is 6.54 Å². The van der Waals surface area contributed by atoms with Gasteiger partial charge in [-0.25, -0.2) is 0 Å². The lowest BCUT2D eigenvalue weighted by Crippen LogP contribution is -2.53. The predicted octanol–water partition coefficient (Wildman–Crippen LogP) is 3.26. The monoisotopic (exact) mass is 392 g/mol. The highest BCUT2D eigenvalue weighted by molar-refractivity contribution is 6.36. The van der Waals surface area contributed by atoms with E-state index in [1.807, 2.05) is 24.3 Å². The van der Waals surface area contributed by atoms with Crippen LogP contribution >= 0.6 is 23.2 Å². The average Bonchev–Trinajstić information content (AvgIpc) is 3.37. The van der Waals surface area contributed by atoms with E-state index in [4.69, 9.17) is 28.9 Å². The first kappa shape index (κ1) is 17.6. The third kappa shape index (κ3) is 3.41. The maximum absolute atomic E-state index is 6.24. The quantitative estimate of drug-likeness (QED) is 0.831. The summed E-state index contributed by atoms with van der Waals surface area (Å²) in [4.78, 5) is 13.5. The van der Waals surface area contributed by atoms with E-state index in [2.05, 4.69) is 32.1 Å². The summed E-state index contributed by atoms with van der Waals surface area (Å²) in [7, 11) is 2.21. The van der Waals surface area contributed by atoms with Gasteiger partial charge < -0.3 is 16.0 Å². The average molecular weight is 393 g/mol. The van der Waals surface area contributed by atoms with Gasteiger partial charge in [0, 0.05) is 53.4 Å². The molecule has 1 aromatic carbocycles. The number of aromatic nitrogens is 2. The Labute approximate surface area is 163 Å². The van der Waals surface area contributed by atoms with Gasteiger partial charge in [0.25, 0.3) is 0 Å². The predicted molar refractivity (Wildman–Crippen MR) is 107 cm³/mol. The Balaban J connectivity index is 1.51. The fraction of sp³-hybridized carbons (Fsp3) is 0.444. The second kappa shape index (κ2) is 6.76. The van der Waals surface area contributed by atoms with Crippen molar-refractivity contribution in [2.24, 2.45) is 0 Å². The first-order chi connectivity index (χ1) is 12.5. The standard InChI is InChI=1S/C18H22Cl2N6/c1-25-7-8-26(11-18(25)5-6-18)16-9-15(23-17(21)24-16)22-10-12-13(19)3-2-4-14(12)20/h2-4,9H,5-8,10-11H2,1H3,(H3,21,22,23,24). The van der Waals surface area contributed by atoms with Crippen molar-refractivity contribution in [1.82, 2.24) is 14.9 Å². The van der Waals surface area contributed by atoms with Gasteiger partial charge in [-0.3, -0.25) is 4.90 Å². The number of piperazine rings is 1. The van der Waals surface area contributed by atoms with Gasteiger partial charge in [-0.1, -0.05) is 29.3 Å². The number of nitrogens with zero attached hydrogens (tertiary/aromatic N) is 4. The summed E-state index contributed by atoms with van der Waals surface area (Å²) in [5.74, 6) is 1.80. The molecular weight excluding hydrogens is 371 g/mol. The van der Waals surface area contributed by atoms with Gasteiger partial charge in [-0.15, -0.1) is 0 Å². The smallest absolute Gasteiger partial charge is 0.223 e. The van der Waals surface area contributed by atoms with Crippen molar-refractivity contribution in [2.45, 2.75) is 24.9 Å². The fourth-order valence-electron chi connectivity index (χ4n) is 3.53. The third-order valence-electron chi connectivity index (χ3n) is 5.39. The number of hydrogen-bond acceptors (Lipinski definition) is 6. The molecule has 1 saturated heterocycles. The SMILES string of the molecule is CN1CCN(c2cc(NCc3c(Cl)cccc3Cl)nc(N)n2)CC12CC2. The number of rotatable bonds is 4. The molecule has 1 aromatic heterocycles. The lowest BCUT2D eigenvalue weighted by Gasteiger charge is -2.40. The molecule has 8 heteroatoms. The van der Waals surface area contributed by atoms with Crippen LogP contribution in [0.1, 0.15) is 18.4 Å². The minimum absolute atomic E-state index is 0.263. The van der Waals surface area contributed by atoms with Crippen LogP contribution in [0.5, 0.6) is 0 Å². The first-order valence-electron chi connectivity index (χ1n) is 8.74. The zero-order chi connectivity index (χ0) is 18.3. The summed E-state index contributed by atoms with van der Waals surface area (Å²) in [5, 5.41) is 4.52. The summed E-state index contributed by atoms with van der Waals surface area (Å²) in [6.45, 7) is 3.42. The zero-order valence-electron chi connectivity index (χ0n) is 14.7. The van der Waals surface area contributed by atoms with Crippen LogP contribution in [-0.4, -0.2) is 47.1 Å². The molecule has 0 radical (unpaired) electrons. The molecule has 3 N–H and O–H groups in total. The molecule has 1 aliphatic heterocycles. The number of anilines is 3. The van der Waals surface area contributed by atoms with Crippen molar-refractivity contribution in [3.05, 3.63) is 39.9 Å². The number of nitrogen functional groups attached to an aromatic ring is 1. The van der Waals surface area contributed by atoms with E-state index in [0.717, 1.165) is 31.0 Å². The molecule has 138 valence electrons. The van der Waals surface area contributed by atoms with Crippen molar-refractivity contribution in [3.8, 4) is 0 Å². The lowest BCUT2D eigenvalue weighted by atomic mass is 10.1. The van der Waals surface area contributed by atoms with Crippen LogP contribution in [0.25, 0.3) is 0 Å². The second-order valence-electron chi connectivity index (χ2n) is 7.09. The molecule has 0 atom stereocenters. The fourth-order valence-corrected chi connectivity index (χ4v) is 4.06. The summed E-state index contributed by atoms with van der Waals surface area (Å²) < 4.78 is 0. The Morgan fingerprint density at radius 3 is 2.62 bits per heavy atom. The van der Waals surface area contributed by atoms with Gasteiger partial charge in [-0.2, -0.15) is 9.97 Å². The Bertz CT molecular complexity index is 803. The van der Waals surface area contributed by atoms with Gasteiger partial charge in [0.2, 0.25) is 5.95 Å². The van der Waals surface area contributed by atoms with Gasteiger partial charge in [0.1, 0.15) is 11.6 Å². The van der Waals surface area contributed by atoms with Crippen LogP contribution in [0.2, 0.25) is 10.0 Å². The van der Waals surface area contributed by atoms with Crippen LogP contribution < -0.4 is 16.0 Å². The van der Waals surface area contributed by atoms with Crippen molar-refractivity contribution in [3.63, 3.8) is 0 Å². The highest BCUT2D eigenvalue weighted by Crippen LogP contribution is 2.44.